The number of methoxy groups -OCH3 is 1. The van der Waals surface area contributed by atoms with Crippen molar-refractivity contribution in [2.24, 2.45) is 0 Å². The van der Waals surface area contributed by atoms with Crippen molar-refractivity contribution >= 4 is 17.7 Å². The van der Waals surface area contributed by atoms with Gasteiger partial charge in [-0.3, -0.25) is 14.7 Å². The first-order chi connectivity index (χ1) is 8.19. The van der Waals surface area contributed by atoms with Crippen molar-refractivity contribution in [3.05, 3.63) is 11.8 Å². The van der Waals surface area contributed by atoms with Gasteiger partial charge in [-0.2, -0.15) is 5.10 Å². The summed E-state index contributed by atoms with van der Waals surface area (Å²) >= 11 is 0. The van der Waals surface area contributed by atoms with E-state index < -0.39 is 0 Å². The van der Waals surface area contributed by atoms with Crippen molar-refractivity contribution in [2.75, 3.05) is 12.4 Å². The summed E-state index contributed by atoms with van der Waals surface area (Å²) in [6.07, 6.45) is 2.55. The molecule has 1 heterocycles. The molecule has 2 rings (SSSR count). The number of aromatic amines is 1. The van der Waals surface area contributed by atoms with Crippen molar-refractivity contribution < 1.29 is 14.3 Å². The first-order valence-electron chi connectivity index (χ1n) is 5.61. The number of ether oxygens (including phenoxy) is 1. The van der Waals surface area contributed by atoms with Gasteiger partial charge >= 0.3 is 5.97 Å². The number of carbonyl (C=O) groups is 2. The van der Waals surface area contributed by atoms with Gasteiger partial charge < -0.3 is 10.1 Å². The lowest BCUT2D eigenvalue weighted by Gasteiger charge is -2.00. The fraction of sp³-hybridized carbons (Fsp3) is 0.545. The molecule has 1 aromatic rings. The number of hydrogen-bond acceptors (Lipinski definition) is 4. The van der Waals surface area contributed by atoms with Gasteiger partial charge in [0.1, 0.15) is 0 Å². The molecule has 1 saturated carbocycles. The van der Waals surface area contributed by atoms with Crippen LogP contribution in [0.5, 0.6) is 0 Å². The predicted molar refractivity (Wildman–Crippen MR) is 60.4 cm³/mol. The molecule has 0 aliphatic heterocycles. The zero-order valence-electron chi connectivity index (χ0n) is 9.66. The summed E-state index contributed by atoms with van der Waals surface area (Å²) in [5.74, 6) is 0.468. The monoisotopic (exact) mass is 237 g/mol. The zero-order valence-corrected chi connectivity index (χ0v) is 9.66. The molecule has 1 fully saturated rings. The molecule has 6 heteroatoms. The number of esters is 1. The van der Waals surface area contributed by atoms with Crippen LogP contribution in [0.2, 0.25) is 0 Å². The molecular weight excluding hydrogens is 222 g/mol. The molecule has 0 radical (unpaired) electrons. The van der Waals surface area contributed by atoms with E-state index in [0.29, 0.717) is 11.7 Å². The molecule has 0 spiro atoms. The van der Waals surface area contributed by atoms with E-state index in [1.54, 1.807) is 0 Å². The maximum Gasteiger partial charge on any atom is 0.306 e. The molecular formula is C11H15N3O3. The Morgan fingerprint density at radius 1 is 1.53 bits per heavy atom. The Kier molecular flexibility index (Phi) is 3.41. The van der Waals surface area contributed by atoms with E-state index in [9.17, 15) is 9.59 Å². The average Bonchev–Trinajstić information content (AvgIpc) is 3.08. The Hall–Kier alpha value is -1.85. The molecule has 0 atom stereocenters. The smallest absolute Gasteiger partial charge is 0.306 e. The van der Waals surface area contributed by atoms with Crippen LogP contribution in [-0.2, 0) is 14.3 Å². The number of carbonyl (C=O) groups excluding carboxylic acids is 2. The minimum absolute atomic E-state index is 0.0856. The fourth-order valence-electron chi connectivity index (χ4n) is 1.53. The molecule has 1 aliphatic rings. The maximum atomic E-state index is 11.5. The third-order valence-electron chi connectivity index (χ3n) is 2.67. The topological polar surface area (TPSA) is 84.1 Å². The Balaban J connectivity index is 1.78. The van der Waals surface area contributed by atoms with Crippen LogP contribution in [0.3, 0.4) is 0 Å². The molecule has 1 aliphatic carbocycles. The zero-order chi connectivity index (χ0) is 12.3. The van der Waals surface area contributed by atoms with Gasteiger partial charge in [0.05, 0.1) is 13.5 Å². The summed E-state index contributed by atoms with van der Waals surface area (Å²) in [5.41, 5.74) is 1.06. The molecule has 17 heavy (non-hydrogen) atoms. The summed E-state index contributed by atoms with van der Waals surface area (Å²) in [6, 6.07) is 1.84. The van der Waals surface area contributed by atoms with Crippen molar-refractivity contribution in [2.45, 2.75) is 31.6 Å². The SMILES string of the molecule is COC(=O)CCC(=O)Nc1cc(C2CC2)[nH]n1. The van der Waals surface area contributed by atoms with Crippen LogP contribution < -0.4 is 5.32 Å². The highest BCUT2D eigenvalue weighted by Gasteiger charge is 2.25. The van der Waals surface area contributed by atoms with E-state index in [4.69, 9.17) is 0 Å². The second-order valence-corrected chi connectivity index (χ2v) is 4.11. The van der Waals surface area contributed by atoms with E-state index in [0.717, 1.165) is 5.69 Å². The molecule has 92 valence electrons. The summed E-state index contributed by atoms with van der Waals surface area (Å²) in [5, 5.41) is 9.52. The minimum Gasteiger partial charge on any atom is -0.469 e. The van der Waals surface area contributed by atoms with Gasteiger partial charge in [0.25, 0.3) is 0 Å². The molecule has 0 bridgehead atoms. The van der Waals surface area contributed by atoms with Gasteiger partial charge in [-0.25, -0.2) is 0 Å². The highest BCUT2D eigenvalue weighted by atomic mass is 16.5. The number of nitrogens with one attached hydrogen (secondary N) is 2. The number of hydrogen-bond donors (Lipinski definition) is 2. The molecule has 6 nitrogen and oxygen atoms in total. The summed E-state index contributed by atoms with van der Waals surface area (Å²) in [6.45, 7) is 0. The summed E-state index contributed by atoms with van der Waals surface area (Å²) < 4.78 is 4.45. The highest BCUT2D eigenvalue weighted by Crippen LogP contribution is 2.39. The van der Waals surface area contributed by atoms with Gasteiger partial charge in [0.15, 0.2) is 5.82 Å². The van der Waals surface area contributed by atoms with Gasteiger partial charge in [-0.15, -0.1) is 0 Å². The van der Waals surface area contributed by atoms with Crippen molar-refractivity contribution in [1.29, 1.82) is 0 Å². The number of amides is 1. The number of aromatic nitrogens is 2. The lowest BCUT2D eigenvalue weighted by Crippen LogP contribution is -2.14. The lowest BCUT2D eigenvalue weighted by molar-refractivity contribution is -0.141. The Morgan fingerprint density at radius 3 is 2.94 bits per heavy atom. The number of H-pyrrole nitrogens is 1. The number of anilines is 1. The average molecular weight is 237 g/mol. The van der Waals surface area contributed by atoms with Crippen LogP contribution in [0, 0.1) is 0 Å². The fourth-order valence-corrected chi connectivity index (χ4v) is 1.53. The molecule has 0 unspecified atom stereocenters. The van der Waals surface area contributed by atoms with E-state index in [1.807, 2.05) is 6.07 Å². The van der Waals surface area contributed by atoms with Gasteiger partial charge in [0.2, 0.25) is 5.91 Å². The maximum absolute atomic E-state index is 11.5. The quantitative estimate of drug-likeness (QED) is 0.753. The molecule has 0 aromatic carbocycles. The summed E-state index contributed by atoms with van der Waals surface area (Å²) in [7, 11) is 1.30. The van der Waals surface area contributed by atoms with E-state index in [2.05, 4.69) is 20.3 Å². The van der Waals surface area contributed by atoms with Gasteiger partial charge in [0, 0.05) is 24.1 Å². The van der Waals surface area contributed by atoms with Crippen molar-refractivity contribution in [3.8, 4) is 0 Å². The normalized spacial score (nSPS) is 14.4. The van der Waals surface area contributed by atoms with E-state index in [-0.39, 0.29) is 24.7 Å². The van der Waals surface area contributed by atoms with Crippen molar-refractivity contribution in [3.63, 3.8) is 0 Å². The van der Waals surface area contributed by atoms with Crippen LogP contribution in [0.15, 0.2) is 6.07 Å². The molecule has 2 N–H and O–H groups in total. The highest BCUT2D eigenvalue weighted by molar-refractivity contribution is 5.91. The van der Waals surface area contributed by atoms with Crippen LogP contribution in [0.4, 0.5) is 5.82 Å². The molecule has 1 amide bonds. The Labute approximate surface area is 98.7 Å². The molecule has 1 aromatic heterocycles. The van der Waals surface area contributed by atoms with Crippen LogP contribution in [0.25, 0.3) is 0 Å². The van der Waals surface area contributed by atoms with E-state index >= 15 is 0 Å². The Morgan fingerprint density at radius 2 is 2.29 bits per heavy atom. The predicted octanol–water partition coefficient (Wildman–Crippen LogP) is 1.18. The number of nitrogens with zero attached hydrogens (tertiary/aromatic N) is 1. The standard InChI is InChI=1S/C11H15N3O3/c1-17-11(16)5-4-10(15)12-9-6-8(13-14-9)7-2-3-7/h6-7H,2-5H2,1H3,(H2,12,13,14,15). The minimum atomic E-state index is -0.388. The van der Waals surface area contributed by atoms with Gasteiger partial charge in [-0.05, 0) is 12.8 Å². The third kappa shape index (κ3) is 3.30. The van der Waals surface area contributed by atoms with Gasteiger partial charge in [-0.1, -0.05) is 0 Å². The van der Waals surface area contributed by atoms with Crippen LogP contribution in [-0.4, -0.2) is 29.2 Å². The second kappa shape index (κ2) is 4.99. The number of rotatable bonds is 5. The van der Waals surface area contributed by atoms with Crippen LogP contribution in [0.1, 0.15) is 37.3 Å². The van der Waals surface area contributed by atoms with E-state index in [1.165, 1.54) is 20.0 Å². The summed E-state index contributed by atoms with van der Waals surface area (Å²) in [4.78, 5) is 22.3. The largest absolute Gasteiger partial charge is 0.469 e. The lowest BCUT2D eigenvalue weighted by atomic mass is 10.3. The third-order valence-corrected chi connectivity index (χ3v) is 2.67. The first kappa shape index (κ1) is 11.6. The van der Waals surface area contributed by atoms with Crippen molar-refractivity contribution in [1.82, 2.24) is 10.2 Å². The van der Waals surface area contributed by atoms with Crippen LogP contribution >= 0.6 is 0 Å². The molecule has 0 saturated heterocycles. The first-order valence-corrected chi connectivity index (χ1v) is 5.61. The second-order valence-electron chi connectivity index (χ2n) is 4.11. The Bertz CT molecular complexity index is 423.